The number of rotatable bonds is 5. The maximum atomic E-state index is 12.7. The van der Waals surface area contributed by atoms with Gasteiger partial charge in [-0.05, 0) is 23.8 Å². The van der Waals surface area contributed by atoms with Crippen LogP contribution in [0.5, 0.6) is 0 Å². The zero-order chi connectivity index (χ0) is 20.3. The van der Waals surface area contributed by atoms with Gasteiger partial charge in [-0.3, -0.25) is 9.59 Å². The summed E-state index contributed by atoms with van der Waals surface area (Å²) in [6.45, 7) is 0. The first kappa shape index (κ1) is 19.8. The average Bonchev–Trinajstić information content (AvgIpc) is 2.70. The Balaban J connectivity index is 1.89. The van der Waals surface area contributed by atoms with Gasteiger partial charge < -0.3 is 10.1 Å². The van der Waals surface area contributed by atoms with Crippen molar-refractivity contribution >= 4 is 38.6 Å². The van der Waals surface area contributed by atoms with E-state index in [0.717, 1.165) is 4.47 Å². The van der Waals surface area contributed by atoms with Gasteiger partial charge in [0.1, 0.15) is 0 Å². The zero-order valence-corrected chi connectivity index (χ0v) is 16.9. The molecule has 3 rings (SSSR count). The normalized spacial score (nSPS) is 11.8. The Hall–Kier alpha value is -3.00. The molecule has 1 heterocycles. The summed E-state index contributed by atoms with van der Waals surface area (Å²) < 4.78 is 6.89. The largest absolute Gasteiger partial charge is 0.467 e. The molecule has 0 radical (unpaired) electrons. The van der Waals surface area contributed by atoms with Crippen LogP contribution in [0.4, 0.5) is 0 Å². The van der Waals surface area contributed by atoms with Gasteiger partial charge in [-0.15, -0.1) is 0 Å². The second kappa shape index (κ2) is 8.35. The number of nitrogens with one attached hydrogen (secondary N) is 1. The molecule has 0 bridgehead atoms. The van der Waals surface area contributed by atoms with E-state index in [2.05, 4.69) is 26.3 Å². The molecule has 1 N–H and O–H groups in total. The number of nitrogens with zero attached hydrogens (tertiary/aromatic N) is 2. The van der Waals surface area contributed by atoms with Crippen LogP contribution in [0.25, 0.3) is 10.8 Å². The molecule has 1 aromatic heterocycles. The molecule has 0 aliphatic rings. The first-order chi connectivity index (χ1) is 13.4. The molecule has 1 atom stereocenters. The van der Waals surface area contributed by atoms with Crippen molar-refractivity contribution < 1.29 is 14.3 Å². The molecule has 3 aromatic rings. The highest BCUT2D eigenvalue weighted by Gasteiger charge is 2.24. The Morgan fingerprint density at radius 1 is 1.14 bits per heavy atom. The smallest absolute Gasteiger partial charge is 0.333 e. The molecule has 0 saturated carbocycles. The molecule has 2 aromatic carbocycles. The van der Waals surface area contributed by atoms with Gasteiger partial charge in [-0.2, -0.15) is 5.10 Å². The Kier molecular flexibility index (Phi) is 5.89. The number of halogens is 1. The fourth-order valence-corrected chi connectivity index (χ4v) is 3.19. The van der Waals surface area contributed by atoms with Gasteiger partial charge in [-0.25, -0.2) is 9.48 Å². The summed E-state index contributed by atoms with van der Waals surface area (Å²) in [5.74, 6) is -0.983. The number of carbonyl (C=O) groups excluding carboxylic acids is 2. The predicted molar refractivity (Wildman–Crippen MR) is 108 cm³/mol. The van der Waals surface area contributed by atoms with Crippen molar-refractivity contribution in [2.75, 3.05) is 7.11 Å². The number of benzene rings is 2. The van der Waals surface area contributed by atoms with Crippen molar-refractivity contribution in [3.05, 3.63) is 74.6 Å². The van der Waals surface area contributed by atoms with Gasteiger partial charge >= 0.3 is 5.97 Å². The van der Waals surface area contributed by atoms with Gasteiger partial charge in [0.05, 0.1) is 24.6 Å². The quantitative estimate of drug-likeness (QED) is 0.610. The standard InChI is InChI=1S/C20H18BrN3O4/c1-24-19(26)15-6-4-3-5-14(15)16(23-24)11-17(25)22-18(20(27)28-2)12-7-9-13(21)10-8-12/h3-10,18H,11H2,1-2H3,(H,22,25). The molecule has 7 nitrogen and oxygen atoms in total. The summed E-state index contributed by atoms with van der Waals surface area (Å²) in [6, 6.07) is 13.1. The van der Waals surface area contributed by atoms with Crippen molar-refractivity contribution in [2.24, 2.45) is 7.05 Å². The van der Waals surface area contributed by atoms with Crippen LogP contribution in [0.1, 0.15) is 17.3 Å². The van der Waals surface area contributed by atoms with E-state index in [4.69, 9.17) is 4.74 Å². The molecule has 1 unspecified atom stereocenters. The van der Waals surface area contributed by atoms with Gasteiger partial charge in [0.25, 0.3) is 5.56 Å². The van der Waals surface area contributed by atoms with E-state index >= 15 is 0 Å². The highest BCUT2D eigenvalue weighted by Crippen LogP contribution is 2.19. The van der Waals surface area contributed by atoms with Crippen molar-refractivity contribution in [3.8, 4) is 0 Å². The van der Waals surface area contributed by atoms with E-state index in [1.165, 1.54) is 18.8 Å². The van der Waals surface area contributed by atoms with Crippen molar-refractivity contribution in [2.45, 2.75) is 12.5 Å². The SMILES string of the molecule is COC(=O)C(NC(=O)Cc1nn(C)c(=O)c2ccccc12)c1ccc(Br)cc1. The van der Waals surface area contributed by atoms with E-state index in [-0.39, 0.29) is 12.0 Å². The third-order valence-electron chi connectivity index (χ3n) is 4.31. The molecule has 8 heteroatoms. The summed E-state index contributed by atoms with van der Waals surface area (Å²) in [4.78, 5) is 37.1. The Morgan fingerprint density at radius 2 is 1.79 bits per heavy atom. The first-order valence-electron chi connectivity index (χ1n) is 8.48. The number of amides is 1. The molecular formula is C20H18BrN3O4. The second-order valence-corrected chi connectivity index (χ2v) is 7.09. The monoisotopic (exact) mass is 443 g/mol. The molecule has 0 aliphatic heterocycles. The van der Waals surface area contributed by atoms with Crippen molar-refractivity contribution in [3.63, 3.8) is 0 Å². The number of hydrogen-bond donors (Lipinski definition) is 1. The lowest BCUT2D eigenvalue weighted by Gasteiger charge is -2.17. The highest BCUT2D eigenvalue weighted by atomic mass is 79.9. The van der Waals surface area contributed by atoms with Gasteiger partial charge in [0.2, 0.25) is 5.91 Å². The molecule has 0 spiro atoms. The van der Waals surface area contributed by atoms with Gasteiger partial charge in [-0.1, -0.05) is 46.3 Å². The Labute approximate surface area is 169 Å². The fourth-order valence-electron chi connectivity index (χ4n) is 2.92. The number of methoxy groups -OCH3 is 1. The lowest BCUT2D eigenvalue weighted by molar-refractivity contribution is -0.145. The zero-order valence-electron chi connectivity index (χ0n) is 15.3. The lowest BCUT2D eigenvalue weighted by atomic mass is 10.1. The molecule has 0 saturated heterocycles. The highest BCUT2D eigenvalue weighted by molar-refractivity contribution is 9.10. The van der Waals surface area contributed by atoms with Crippen LogP contribution in [-0.4, -0.2) is 28.8 Å². The van der Waals surface area contributed by atoms with Crippen LogP contribution >= 0.6 is 15.9 Å². The number of fused-ring (bicyclic) bond motifs is 1. The number of esters is 1. The van der Waals surface area contributed by atoms with Crippen LogP contribution in [0, 0.1) is 0 Å². The number of hydrogen-bond acceptors (Lipinski definition) is 5. The van der Waals surface area contributed by atoms with Gasteiger partial charge in [0.15, 0.2) is 6.04 Å². The Morgan fingerprint density at radius 3 is 2.43 bits per heavy atom. The number of aromatic nitrogens is 2. The summed E-state index contributed by atoms with van der Waals surface area (Å²) in [7, 11) is 2.80. The van der Waals surface area contributed by atoms with E-state index < -0.39 is 17.9 Å². The predicted octanol–water partition coefficient (Wildman–Crippen LogP) is 2.27. The molecule has 28 heavy (non-hydrogen) atoms. The molecular weight excluding hydrogens is 426 g/mol. The summed E-state index contributed by atoms with van der Waals surface area (Å²) in [6.07, 6.45) is -0.0847. The van der Waals surface area contributed by atoms with Crippen LogP contribution < -0.4 is 10.9 Å². The van der Waals surface area contributed by atoms with Crippen LogP contribution in [-0.2, 0) is 27.8 Å². The summed E-state index contributed by atoms with van der Waals surface area (Å²) in [5, 5.41) is 8.01. The maximum Gasteiger partial charge on any atom is 0.333 e. The van der Waals surface area contributed by atoms with Crippen LogP contribution in [0.15, 0.2) is 57.8 Å². The van der Waals surface area contributed by atoms with E-state index in [0.29, 0.717) is 22.0 Å². The minimum Gasteiger partial charge on any atom is -0.467 e. The van der Waals surface area contributed by atoms with Crippen LogP contribution in [0.3, 0.4) is 0 Å². The molecule has 1 amide bonds. The number of carbonyl (C=O) groups is 2. The van der Waals surface area contributed by atoms with E-state index in [1.807, 2.05) is 0 Å². The first-order valence-corrected chi connectivity index (χ1v) is 9.27. The summed E-state index contributed by atoms with van der Waals surface area (Å²) in [5.41, 5.74) is 0.818. The minimum atomic E-state index is -0.940. The van der Waals surface area contributed by atoms with E-state index in [9.17, 15) is 14.4 Å². The third-order valence-corrected chi connectivity index (χ3v) is 4.84. The summed E-state index contributed by atoms with van der Waals surface area (Å²) >= 11 is 3.34. The second-order valence-electron chi connectivity index (χ2n) is 6.17. The lowest BCUT2D eigenvalue weighted by Crippen LogP contribution is -2.36. The Bertz CT molecular complexity index is 1090. The molecule has 0 aliphatic carbocycles. The molecule has 0 fully saturated rings. The topological polar surface area (TPSA) is 90.3 Å². The average molecular weight is 444 g/mol. The maximum absolute atomic E-state index is 12.7. The minimum absolute atomic E-state index is 0.0847. The van der Waals surface area contributed by atoms with Gasteiger partial charge in [0, 0.05) is 16.9 Å². The van der Waals surface area contributed by atoms with Crippen molar-refractivity contribution in [1.29, 1.82) is 0 Å². The molecule has 144 valence electrons. The number of ether oxygens (including phenoxy) is 1. The van der Waals surface area contributed by atoms with Crippen molar-refractivity contribution in [1.82, 2.24) is 15.1 Å². The van der Waals surface area contributed by atoms with E-state index in [1.54, 1.807) is 48.5 Å². The number of aryl methyl sites for hydroxylation is 1. The van der Waals surface area contributed by atoms with Crippen LogP contribution in [0.2, 0.25) is 0 Å². The fraction of sp³-hybridized carbons (Fsp3) is 0.200. The third kappa shape index (κ3) is 4.12.